The summed E-state index contributed by atoms with van der Waals surface area (Å²) in [5.41, 5.74) is 1.40. The molecule has 3 rings (SSSR count). The van der Waals surface area contributed by atoms with E-state index in [9.17, 15) is 0 Å². The zero-order valence-electron chi connectivity index (χ0n) is 7.04. The Bertz CT molecular complexity index is 556. The highest BCUT2D eigenvalue weighted by Gasteiger charge is 2.11. The van der Waals surface area contributed by atoms with E-state index in [0.29, 0.717) is 11.6 Å². The Hall–Kier alpha value is -2.17. The Morgan fingerprint density at radius 3 is 3.00 bits per heavy atom. The Labute approximate surface area is 78.4 Å². The summed E-state index contributed by atoms with van der Waals surface area (Å²) >= 11 is 0. The molecule has 0 aromatic carbocycles. The van der Waals surface area contributed by atoms with Crippen molar-refractivity contribution in [3.8, 4) is 11.6 Å². The molecule has 0 bridgehead atoms. The number of hydrogen-bond acceptors (Lipinski definition) is 5. The molecule has 68 valence electrons. The van der Waals surface area contributed by atoms with Crippen molar-refractivity contribution < 1.29 is 8.94 Å². The molecule has 0 spiro atoms. The van der Waals surface area contributed by atoms with Gasteiger partial charge in [-0.25, -0.2) is 0 Å². The molecule has 0 aliphatic rings. The van der Waals surface area contributed by atoms with Crippen molar-refractivity contribution >= 4 is 11.0 Å². The second-order valence-corrected chi connectivity index (χ2v) is 2.74. The second-order valence-electron chi connectivity index (χ2n) is 2.74. The summed E-state index contributed by atoms with van der Waals surface area (Å²) in [7, 11) is 0. The van der Waals surface area contributed by atoms with E-state index < -0.39 is 0 Å². The topological polar surface area (TPSA) is 65.0 Å². The van der Waals surface area contributed by atoms with E-state index in [1.54, 1.807) is 18.5 Å². The van der Waals surface area contributed by atoms with Gasteiger partial charge in [-0.05, 0) is 12.1 Å². The minimum atomic E-state index is 0.400. The first kappa shape index (κ1) is 7.25. The number of pyridine rings is 1. The van der Waals surface area contributed by atoms with Crippen LogP contribution in [0.5, 0.6) is 0 Å². The van der Waals surface area contributed by atoms with Gasteiger partial charge in [-0.2, -0.15) is 4.98 Å². The molecule has 0 saturated carbocycles. The highest BCUT2D eigenvalue weighted by molar-refractivity contribution is 5.88. The SMILES string of the molecule is c1noc(-c2nccc3occc23)n1. The maximum absolute atomic E-state index is 5.23. The first-order valence-electron chi connectivity index (χ1n) is 4.04. The Morgan fingerprint density at radius 2 is 2.14 bits per heavy atom. The average molecular weight is 187 g/mol. The van der Waals surface area contributed by atoms with Gasteiger partial charge < -0.3 is 8.94 Å². The largest absolute Gasteiger partial charge is 0.464 e. The maximum Gasteiger partial charge on any atom is 0.276 e. The third-order valence-corrected chi connectivity index (χ3v) is 1.94. The highest BCUT2D eigenvalue weighted by Crippen LogP contribution is 2.24. The molecular weight excluding hydrogens is 182 g/mol. The number of nitrogens with zero attached hydrogens (tertiary/aromatic N) is 3. The number of hydrogen-bond donors (Lipinski definition) is 0. The molecule has 0 aliphatic carbocycles. The lowest BCUT2D eigenvalue weighted by Crippen LogP contribution is -1.82. The van der Waals surface area contributed by atoms with E-state index in [1.807, 2.05) is 6.07 Å². The van der Waals surface area contributed by atoms with Crippen LogP contribution in [-0.2, 0) is 0 Å². The molecule has 5 heteroatoms. The van der Waals surface area contributed by atoms with Crippen LogP contribution in [-0.4, -0.2) is 15.1 Å². The molecule has 3 heterocycles. The van der Waals surface area contributed by atoms with Gasteiger partial charge >= 0.3 is 0 Å². The monoisotopic (exact) mass is 187 g/mol. The van der Waals surface area contributed by atoms with Gasteiger partial charge in [0.05, 0.1) is 11.6 Å². The molecule has 0 N–H and O–H groups in total. The summed E-state index contributed by atoms with van der Waals surface area (Å²) < 4.78 is 10.2. The summed E-state index contributed by atoms with van der Waals surface area (Å²) in [4.78, 5) is 8.10. The predicted molar refractivity (Wildman–Crippen MR) is 47.3 cm³/mol. The number of fused-ring (bicyclic) bond motifs is 1. The van der Waals surface area contributed by atoms with Crippen LogP contribution >= 0.6 is 0 Å². The lowest BCUT2D eigenvalue weighted by atomic mass is 10.2. The van der Waals surface area contributed by atoms with Gasteiger partial charge in [-0.15, -0.1) is 0 Å². The van der Waals surface area contributed by atoms with E-state index in [0.717, 1.165) is 11.0 Å². The quantitative estimate of drug-likeness (QED) is 0.581. The van der Waals surface area contributed by atoms with Gasteiger partial charge in [-0.1, -0.05) is 5.16 Å². The van der Waals surface area contributed by atoms with E-state index in [2.05, 4.69) is 15.1 Å². The normalized spacial score (nSPS) is 10.9. The van der Waals surface area contributed by atoms with Gasteiger partial charge in [0.1, 0.15) is 11.3 Å². The summed E-state index contributed by atoms with van der Waals surface area (Å²) in [5, 5.41) is 4.41. The average Bonchev–Trinajstić information content (AvgIpc) is 2.88. The molecule has 3 aromatic heterocycles. The molecular formula is C9H5N3O2. The van der Waals surface area contributed by atoms with Crippen molar-refractivity contribution in [1.82, 2.24) is 15.1 Å². The van der Waals surface area contributed by atoms with Crippen LogP contribution in [0.4, 0.5) is 0 Å². The molecule has 0 saturated heterocycles. The van der Waals surface area contributed by atoms with Crippen LogP contribution in [0.25, 0.3) is 22.6 Å². The van der Waals surface area contributed by atoms with Crippen molar-refractivity contribution in [2.75, 3.05) is 0 Å². The molecule has 0 aliphatic heterocycles. The molecule has 0 amide bonds. The predicted octanol–water partition coefficient (Wildman–Crippen LogP) is 1.88. The van der Waals surface area contributed by atoms with Crippen LogP contribution in [0.1, 0.15) is 0 Å². The van der Waals surface area contributed by atoms with Crippen molar-refractivity contribution in [2.24, 2.45) is 0 Å². The molecule has 3 aromatic rings. The molecule has 0 fully saturated rings. The lowest BCUT2D eigenvalue weighted by molar-refractivity contribution is 0.429. The third-order valence-electron chi connectivity index (χ3n) is 1.94. The number of rotatable bonds is 1. The zero-order valence-corrected chi connectivity index (χ0v) is 7.04. The Balaban J connectivity index is 2.36. The van der Waals surface area contributed by atoms with Crippen LogP contribution < -0.4 is 0 Å². The van der Waals surface area contributed by atoms with Crippen LogP contribution in [0.3, 0.4) is 0 Å². The van der Waals surface area contributed by atoms with Gasteiger partial charge in [0.25, 0.3) is 5.89 Å². The fraction of sp³-hybridized carbons (Fsp3) is 0. The van der Waals surface area contributed by atoms with Crippen molar-refractivity contribution in [2.45, 2.75) is 0 Å². The molecule has 0 unspecified atom stereocenters. The van der Waals surface area contributed by atoms with Gasteiger partial charge in [0.15, 0.2) is 6.33 Å². The first-order chi connectivity index (χ1) is 6.95. The molecule has 0 atom stereocenters. The third kappa shape index (κ3) is 0.922. The van der Waals surface area contributed by atoms with Crippen molar-refractivity contribution in [1.29, 1.82) is 0 Å². The summed E-state index contributed by atoms with van der Waals surface area (Å²) in [6, 6.07) is 3.61. The summed E-state index contributed by atoms with van der Waals surface area (Å²) in [5.74, 6) is 0.400. The smallest absolute Gasteiger partial charge is 0.276 e. The lowest BCUT2D eigenvalue weighted by Gasteiger charge is -1.93. The maximum atomic E-state index is 5.23. The van der Waals surface area contributed by atoms with E-state index in [-0.39, 0.29) is 0 Å². The minimum absolute atomic E-state index is 0.400. The highest BCUT2D eigenvalue weighted by atomic mass is 16.5. The van der Waals surface area contributed by atoms with Crippen molar-refractivity contribution in [3.05, 3.63) is 30.9 Å². The molecule has 14 heavy (non-hydrogen) atoms. The molecule has 5 nitrogen and oxygen atoms in total. The standard InChI is InChI=1S/C9H5N3O2/c1-3-10-8(9-11-5-12-14-9)6-2-4-13-7(1)6/h1-5H. The minimum Gasteiger partial charge on any atom is -0.464 e. The fourth-order valence-corrected chi connectivity index (χ4v) is 1.34. The summed E-state index contributed by atoms with van der Waals surface area (Å²) in [6.45, 7) is 0. The first-order valence-corrected chi connectivity index (χ1v) is 4.04. The second kappa shape index (κ2) is 2.66. The van der Waals surface area contributed by atoms with Crippen LogP contribution in [0.15, 0.2) is 39.9 Å². The van der Waals surface area contributed by atoms with Gasteiger partial charge in [-0.3, -0.25) is 4.98 Å². The number of furan rings is 1. The number of aromatic nitrogens is 3. The van der Waals surface area contributed by atoms with Crippen LogP contribution in [0, 0.1) is 0 Å². The van der Waals surface area contributed by atoms with Crippen molar-refractivity contribution in [3.63, 3.8) is 0 Å². The van der Waals surface area contributed by atoms with E-state index in [4.69, 9.17) is 8.94 Å². The van der Waals surface area contributed by atoms with Gasteiger partial charge in [0, 0.05) is 6.20 Å². The molecule has 0 radical (unpaired) electrons. The van der Waals surface area contributed by atoms with E-state index >= 15 is 0 Å². The Morgan fingerprint density at radius 1 is 1.14 bits per heavy atom. The summed E-state index contributed by atoms with van der Waals surface area (Å²) in [6.07, 6.45) is 4.59. The van der Waals surface area contributed by atoms with Crippen LogP contribution in [0.2, 0.25) is 0 Å². The zero-order chi connectivity index (χ0) is 9.38. The van der Waals surface area contributed by atoms with E-state index in [1.165, 1.54) is 6.33 Å². The van der Waals surface area contributed by atoms with Gasteiger partial charge in [0.2, 0.25) is 0 Å². The Kier molecular flexibility index (Phi) is 1.38. The fourth-order valence-electron chi connectivity index (χ4n) is 1.34.